The highest BCUT2D eigenvalue weighted by Gasteiger charge is 2.23. The van der Waals surface area contributed by atoms with E-state index in [1.165, 1.54) is 16.3 Å². The van der Waals surface area contributed by atoms with E-state index in [0.29, 0.717) is 0 Å². The summed E-state index contributed by atoms with van der Waals surface area (Å²) in [6, 6.07) is 18.8. The van der Waals surface area contributed by atoms with Crippen LogP contribution in [0.5, 0.6) is 11.5 Å². The van der Waals surface area contributed by atoms with Crippen LogP contribution in [0.3, 0.4) is 0 Å². The van der Waals surface area contributed by atoms with Gasteiger partial charge in [-0.2, -0.15) is 0 Å². The highest BCUT2D eigenvalue weighted by molar-refractivity contribution is 6.07. The van der Waals surface area contributed by atoms with Crippen LogP contribution in [0.4, 0.5) is 0 Å². The number of fused-ring (bicyclic) bond motifs is 4. The highest BCUT2D eigenvalue weighted by atomic mass is 16.5. The second-order valence-electron chi connectivity index (χ2n) is 5.73. The molecule has 5 rings (SSSR count). The normalized spacial score (nSPS) is 12.2. The summed E-state index contributed by atoms with van der Waals surface area (Å²) in [6.45, 7) is 2.14. The van der Waals surface area contributed by atoms with Crippen LogP contribution in [0.2, 0.25) is 0 Å². The lowest BCUT2D eigenvalue weighted by atomic mass is 9.94. The Morgan fingerprint density at radius 2 is 1.77 bits per heavy atom. The molecule has 0 N–H and O–H groups in total. The van der Waals surface area contributed by atoms with Crippen LogP contribution >= 0.6 is 0 Å². The number of hydrogen-bond donors (Lipinski definition) is 0. The van der Waals surface area contributed by atoms with Crippen molar-refractivity contribution in [3.8, 4) is 22.8 Å². The Hall–Kier alpha value is -2.87. The van der Waals surface area contributed by atoms with E-state index >= 15 is 0 Å². The summed E-state index contributed by atoms with van der Waals surface area (Å²) in [5.41, 5.74) is 3.35. The summed E-state index contributed by atoms with van der Waals surface area (Å²) in [5.74, 6) is 1.81. The maximum atomic E-state index is 6.28. The minimum atomic E-state index is 0.891. The van der Waals surface area contributed by atoms with E-state index in [2.05, 4.69) is 48.3 Å². The van der Waals surface area contributed by atoms with Gasteiger partial charge in [0, 0.05) is 17.1 Å². The molecule has 0 radical (unpaired) electrons. The molecule has 4 aromatic rings. The molecular formula is C20H13NO. The van der Waals surface area contributed by atoms with Gasteiger partial charge < -0.3 is 4.74 Å². The molecule has 0 unspecified atom stereocenters. The van der Waals surface area contributed by atoms with Crippen molar-refractivity contribution in [3.63, 3.8) is 0 Å². The van der Waals surface area contributed by atoms with Gasteiger partial charge in [-0.15, -0.1) is 0 Å². The standard InChI is InChI=1S/C20H13NO/c1-12-11-16-19-18-13(9-10-21-19)5-4-8-17(18)22-20(16)15-7-3-2-6-14(12)15/h2-11H,1H3. The van der Waals surface area contributed by atoms with Crippen molar-refractivity contribution in [1.82, 2.24) is 4.98 Å². The summed E-state index contributed by atoms with van der Waals surface area (Å²) < 4.78 is 6.28. The number of rotatable bonds is 0. The van der Waals surface area contributed by atoms with Crippen molar-refractivity contribution < 1.29 is 4.74 Å². The van der Waals surface area contributed by atoms with E-state index in [9.17, 15) is 0 Å². The quantitative estimate of drug-likeness (QED) is 0.376. The number of ether oxygens (including phenoxy) is 1. The number of nitrogens with zero attached hydrogens (tertiary/aromatic N) is 1. The number of benzene rings is 3. The predicted octanol–water partition coefficient (Wildman–Crippen LogP) is 5.47. The van der Waals surface area contributed by atoms with Crippen LogP contribution in [0.15, 0.2) is 60.8 Å². The first kappa shape index (κ1) is 11.8. The highest BCUT2D eigenvalue weighted by Crippen LogP contribution is 2.48. The zero-order chi connectivity index (χ0) is 14.7. The van der Waals surface area contributed by atoms with Crippen LogP contribution in [0, 0.1) is 6.92 Å². The fourth-order valence-corrected chi connectivity index (χ4v) is 3.41. The Morgan fingerprint density at radius 1 is 0.909 bits per heavy atom. The summed E-state index contributed by atoms with van der Waals surface area (Å²) in [5, 5.41) is 4.64. The zero-order valence-corrected chi connectivity index (χ0v) is 12.1. The lowest BCUT2D eigenvalue weighted by Gasteiger charge is -2.22. The molecule has 1 aliphatic rings. The van der Waals surface area contributed by atoms with Crippen molar-refractivity contribution in [3.05, 3.63) is 66.4 Å². The third kappa shape index (κ3) is 1.41. The second-order valence-corrected chi connectivity index (χ2v) is 5.73. The SMILES string of the molecule is Cc1cc2c(c3ccccc13)Oc1cccc3ccnc-2c13. The van der Waals surface area contributed by atoms with Crippen LogP contribution in [-0.2, 0) is 0 Å². The van der Waals surface area contributed by atoms with Crippen LogP contribution in [-0.4, -0.2) is 4.98 Å². The van der Waals surface area contributed by atoms with E-state index in [0.717, 1.165) is 33.5 Å². The Labute approximate surface area is 128 Å². The van der Waals surface area contributed by atoms with Crippen LogP contribution in [0.25, 0.3) is 32.8 Å². The van der Waals surface area contributed by atoms with Gasteiger partial charge in [-0.3, -0.25) is 4.98 Å². The molecule has 22 heavy (non-hydrogen) atoms. The van der Waals surface area contributed by atoms with Gasteiger partial charge in [0.15, 0.2) is 0 Å². The molecule has 0 fully saturated rings. The van der Waals surface area contributed by atoms with Gasteiger partial charge in [0.1, 0.15) is 11.5 Å². The molecule has 2 heteroatoms. The maximum absolute atomic E-state index is 6.28. The molecule has 0 saturated heterocycles. The Kier molecular flexibility index (Phi) is 2.18. The topological polar surface area (TPSA) is 22.1 Å². The fraction of sp³-hybridized carbons (Fsp3) is 0.0500. The molecule has 3 aromatic carbocycles. The Balaban J connectivity index is 2.00. The molecule has 0 saturated carbocycles. The molecule has 1 aromatic heterocycles. The fourth-order valence-electron chi connectivity index (χ4n) is 3.41. The average Bonchev–Trinajstić information content (AvgIpc) is 2.57. The monoisotopic (exact) mass is 283 g/mol. The lowest BCUT2D eigenvalue weighted by molar-refractivity contribution is 0.492. The van der Waals surface area contributed by atoms with Crippen LogP contribution < -0.4 is 4.74 Å². The van der Waals surface area contributed by atoms with E-state index in [1.54, 1.807) is 0 Å². The number of hydrogen-bond acceptors (Lipinski definition) is 2. The van der Waals surface area contributed by atoms with Crippen LogP contribution in [0.1, 0.15) is 5.56 Å². The molecule has 0 amide bonds. The first-order valence-electron chi connectivity index (χ1n) is 7.41. The van der Waals surface area contributed by atoms with Gasteiger partial charge in [0.05, 0.1) is 11.1 Å². The molecule has 0 aliphatic carbocycles. The zero-order valence-electron chi connectivity index (χ0n) is 12.1. The average molecular weight is 283 g/mol. The molecule has 104 valence electrons. The minimum absolute atomic E-state index is 0.891. The molecule has 2 nitrogen and oxygen atoms in total. The first-order chi connectivity index (χ1) is 10.8. The van der Waals surface area contributed by atoms with Gasteiger partial charge in [0.25, 0.3) is 0 Å². The molecular weight excluding hydrogens is 270 g/mol. The number of pyridine rings is 1. The second kappa shape index (κ2) is 4.08. The molecule has 0 bridgehead atoms. The number of aryl methyl sites for hydroxylation is 1. The van der Waals surface area contributed by atoms with Crippen molar-refractivity contribution >= 4 is 21.5 Å². The lowest BCUT2D eigenvalue weighted by Crippen LogP contribution is -2.00. The molecule has 1 aliphatic heterocycles. The predicted molar refractivity (Wildman–Crippen MR) is 89.5 cm³/mol. The van der Waals surface area contributed by atoms with Gasteiger partial charge in [-0.25, -0.2) is 0 Å². The minimum Gasteiger partial charge on any atom is -0.455 e. The summed E-state index contributed by atoms with van der Waals surface area (Å²) in [6.07, 6.45) is 1.88. The van der Waals surface area contributed by atoms with Gasteiger partial charge in [-0.1, -0.05) is 36.4 Å². The van der Waals surface area contributed by atoms with Gasteiger partial charge in [-0.05, 0) is 41.5 Å². The van der Waals surface area contributed by atoms with Crippen molar-refractivity contribution in [2.75, 3.05) is 0 Å². The van der Waals surface area contributed by atoms with E-state index in [-0.39, 0.29) is 0 Å². The third-order valence-electron chi connectivity index (χ3n) is 4.42. The van der Waals surface area contributed by atoms with E-state index < -0.39 is 0 Å². The Morgan fingerprint density at radius 3 is 2.68 bits per heavy atom. The summed E-state index contributed by atoms with van der Waals surface area (Å²) in [7, 11) is 0. The van der Waals surface area contributed by atoms with Crippen molar-refractivity contribution in [1.29, 1.82) is 0 Å². The molecule has 0 atom stereocenters. The maximum Gasteiger partial charge on any atom is 0.144 e. The van der Waals surface area contributed by atoms with Gasteiger partial charge in [0.2, 0.25) is 0 Å². The van der Waals surface area contributed by atoms with E-state index in [4.69, 9.17) is 4.74 Å². The largest absolute Gasteiger partial charge is 0.455 e. The Bertz CT molecular complexity index is 1060. The first-order valence-corrected chi connectivity index (χ1v) is 7.41. The summed E-state index contributed by atoms with van der Waals surface area (Å²) in [4.78, 5) is 4.65. The van der Waals surface area contributed by atoms with Crippen molar-refractivity contribution in [2.24, 2.45) is 0 Å². The van der Waals surface area contributed by atoms with E-state index in [1.807, 2.05) is 24.4 Å². The summed E-state index contributed by atoms with van der Waals surface area (Å²) >= 11 is 0. The molecule has 0 spiro atoms. The number of aromatic nitrogens is 1. The molecule has 2 heterocycles. The van der Waals surface area contributed by atoms with Crippen molar-refractivity contribution in [2.45, 2.75) is 6.92 Å². The third-order valence-corrected chi connectivity index (χ3v) is 4.42. The van der Waals surface area contributed by atoms with Gasteiger partial charge >= 0.3 is 0 Å². The smallest absolute Gasteiger partial charge is 0.144 e.